The van der Waals surface area contributed by atoms with Crippen molar-refractivity contribution < 1.29 is 4.79 Å². The Labute approximate surface area is 108 Å². The number of likely N-dealkylation sites (tertiary alicyclic amines) is 1. The summed E-state index contributed by atoms with van der Waals surface area (Å²) >= 11 is 0. The molecule has 1 aromatic rings. The van der Waals surface area contributed by atoms with Gasteiger partial charge in [0.15, 0.2) is 0 Å². The van der Waals surface area contributed by atoms with E-state index in [4.69, 9.17) is 5.73 Å². The average Bonchev–Trinajstić information content (AvgIpc) is 2.65. The second-order valence-electron chi connectivity index (χ2n) is 4.20. The Kier molecular flexibility index (Phi) is 5.41. The highest BCUT2D eigenvalue weighted by Gasteiger charge is 2.20. The third-order valence-corrected chi connectivity index (χ3v) is 2.73. The highest BCUT2D eigenvalue weighted by Crippen LogP contribution is 2.08. The van der Waals surface area contributed by atoms with Crippen molar-refractivity contribution in [2.24, 2.45) is 5.73 Å². The van der Waals surface area contributed by atoms with E-state index in [-0.39, 0.29) is 24.4 Å². The van der Waals surface area contributed by atoms with Gasteiger partial charge in [-0.25, -0.2) is 0 Å². The number of amides is 1. The summed E-state index contributed by atoms with van der Waals surface area (Å²) in [5, 5.41) is 2.86. The maximum Gasteiger partial charge on any atom is 0.238 e. The number of hydrogen-bond donors (Lipinski definition) is 2. The Morgan fingerprint density at radius 3 is 2.71 bits per heavy atom. The van der Waals surface area contributed by atoms with Gasteiger partial charge in [0.1, 0.15) is 0 Å². The minimum atomic E-state index is 0. The van der Waals surface area contributed by atoms with Gasteiger partial charge in [-0.2, -0.15) is 0 Å². The maximum atomic E-state index is 11.7. The van der Waals surface area contributed by atoms with Crippen molar-refractivity contribution in [3.63, 3.8) is 0 Å². The van der Waals surface area contributed by atoms with Crippen molar-refractivity contribution in [1.82, 2.24) is 4.90 Å². The van der Waals surface area contributed by atoms with Gasteiger partial charge in [-0.05, 0) is 18.6 Å². The van der Waals surface area contributed by atoms with Gasteiger partial charge in [-0.15, -0.1) is 12.4 Å². The normalized spacial score (nSPS) is 19.7. The summed E-state index contributed by atoms with van der Waals surface area (Å²) in [7, 11) is 0. The molecule has 94 valence electrons. The summed E-state index contributed by atoms with van der Waals surface area (Å²) < 4.78 is 0. The summed E-state index contributed by atoms with van der Waals surface area (Å²) in [6.45, 7) is 2.17. The van der Waals surface area contributed by atoms with E-state index in [1.54, 1.807) is 0 Å². The molecule has 1 aliphatic rings. The number of nitrogens with one attached hydrogen (secondary N) is 1. The first-order valence-electron chi connectivity index (χ1n) is 5.57. The molecular formula is C12H18ClN3O. The van der Waals surface area contributed by atoms with Crippen LogP contribution in [0.25, 0.3) is 0 Å². The second-order valence-corrected chi connectivity index (χ2v) is 4.20. The van der Waals surface area contributed by atoms with E-state index < -0.39 is 0 Å². The van der Waals surface area contributed by atoms with Gasteiger partial charge >= 0.3 is 0 Å². The number of carbonyl (C=O) groups is 1. The molecule has 0 radical (unpaired) electrons. The molecule has 0 aliphatic carbocycles. The van der Waals surface area contributed by atoms with Crippen LogP contribution in [0.15, 0.2) is 30.3 Å². The van der Waals surface area contributed by atoms with Crippen LogP contribution in [0.3, 0.4) is 0 Å². The fourth-order valence-corrected chi connectivity index (χ4v) is 1.93. The van der Waals surface area contributed by atoms with Crippen molar-refractivity contribution in [3.8, 4) is 0 Å². The molecule has 4 nitrogen and oxygen atoms in total. The van der Waals surface area contributed by atoms with Crippen LogP contribution in [0.4, 0.5) is 5.69 Å². The van der Waals surface area contributed by atoms with E-state index in [0.29, 0.717) is 6.54 Å². The van der Waals surface area contributed by atoms with Crippen LogP contribution in [0, 0.1) is 0 Å². The van der Waals surface area contributed by atoms with E-state index >= 15 is 0 Å². The van der Waals surface area contributed by atoms with E-state index in [1.165, 1.54) is 0 Å². The van der Waals surface area contributed by atoms with Gasteiger partial charge in [-0.3, -0.25) is 9.69 Å². The molecule has 0 unspecified atom stereocenters. The highest BCUT2D eigenvalue weighted by atomic mass is 35.5. The minimum absolute atomic E-state index is 0. The molecule has 1 aromatic carbocycles. The summed E-state index contributed by atoms with van der Waals surface area (Å²) in [4.78, 5) is 13.8. The quantitative estimate of drug-likeness (QED) is 0.850. The maximum absolute atomic E-state index is 11.7. The summed E-state index contributed by atoms with van der Waals surface area (Å²) in [6.07, 6.45) is 0.985. The van der Waals surface area contributed by atoms with Crippen molar-refractivity contribution in [1.29, 1.82) is 0 Å². The number of anilines is 1. The van der Waals surface area contributed by atoms with Gasteiger partial charge in [0, 0.05) is 24.8 Å². The van der Waals surface area contributed by atoms with Crippen LogP contribution in [-0.2, 0) is 4.79 Å². The molecule has 17 heavy (non-hydrogen) atoms. The zero-order valence-electron chi connectivity index (χ0n) is 9.63. The van der Waals surface area contributed by atoms with E-state index in [0.717, 1.165) is 25.2 Å². The van der Waals surface area contributed by atoms with Gasteiger partial charge in [0.2, 0.25) is 5.91 Å². The van der Waals surface area contributed by atoms with Crippen molar-refractivity contribution in [2.45, 2.75) is 12.5 Å². The smallest absolute Gasteiger partial charge is 0.238 e. The molecule has 0 bridgehead atoms. The molecule has 3 N–H and O–H groups in total. The number of halogens is 1. The molecule has 5 heteroatoms. The molecule has 0 aromatic heterocycles. The summed E-state index contributed by atoms with van der Waals surface area (Å²) in [6, 6.07) is 9.73. The first-order valence-corrected chi connectivity index (χ1v) is 5.57. The van der Waals surface area contributed by atoms with Crippen LogP contribution >= 0.6 is 12.4 Å². The monoisotopic (exact) mass is 255 g/mol. The lowest BCUT2D eigenvalue weighted by Crippen LogP contribution is -2.33. The number of carbonyl (C=O) groups excluding carboxylic acids is 1. The predicted molar refractivity (Wildman–Crippen MR) is 71.4 cm³/mol. The molecule has 1 aliphatic heterocycles. The third-order valence-electron chi connectivity index (χ3n) is 2.73. The molecule has 0 spiro atoms. The Morgan fingerprint density at radius 2 is 2.12 bits per heavy atom. The summed E-state index contributed by atoms with van der Waals surface area (Å²) in [5.74, 6) is 0.0281. The van der Waals surface area contributed by atoms with E-state index in [2.05, 4.69) is 10.2 Å². The first-order chi connectivity index (χ1) is 7.74. The molecule has 1 amide bonds. The lowest BCUT2D eigenvalue weighted by Gasteiger charge is -2.14. The molecule has 1 fully saturated rings. The Bertz CT molecular complexity index is 358. The van der Waals surface area contributed by atoms with E-state index in [1.807, 2.05) is 30.3 Å². The number of rotatable bonds is 3. The Hall–Kier alpha value is -1.10. The molecule has 1 atom stereocenters. The summed E-state index contributed by atoms with van der Waals surface area (Å²) in [5.41, 5.74) is 6.62. The zero-order valence-corrected chi connectivity index (χ0v) is 10.5. The molecule has 1 saturated heterocycles. The number of nitrogens with two attached hydrogens (primary N) is 1. The van der Waals surface area contributed by atoms with Crippen molar-refractivity contribution in [2.75, 3.05) is 25.0 Å². The lowest BCUT2D eigenvalue weighted by atomic mass is 10.3. The van der Waals surface area contributed by atoms with Crippen LogP contribution in [0.2, 0.25) is 0 Å². The predicted octanol–water partition coefficient (Wildman–Crippen LogP) is 1.08. The van der Waals surface area contributed by atoms with E-state index in [9.17, 15) is 4.79 Å². The number of benzene rings is 1. The van der Waals surface area contributed by atoms with Gasteiger partial charge in [-0.1, -0.05) is 18.2 Å². The first kappa shape index (κ1) is 14.0. The molecular weight excluding hydrogens is 238 g/mol. The molecule has 0 saturated carbocycles. The lowest BCUT2D eigenvalue weighted by molar-refractivity contribution is -0.117. The van der Waals surface area contributed by atoms with Crippen LogP contribution in [0.1, 0.15) is 6.42 Å². The van der Waals surface area contributed by atoms with Crippen molar-refractivity contribution in [3.05, 3.63) is 30.3 Å². The van der Waals surface area contributed by atoms with Gasteiger partial charge < -0.3 is 11.1 Å². The average molecular weight is 256 g/mol. The highest BCUT2D eigenvalue weighted by molar-refractivity contribution is 5.92. The molecule has 2 rings (SSSR count). The number of nitrogens with zero attached hydrogens (tertiary/aromatic N) is 1. The zero-order chi connectivity index (χ0) is 11.4. The minimum Gasteiger partial charge on any atom is -0.326 e. The standard InChI is InChI=1S/C12H17N3O.ClH/c13-10-6-7-15(8-10)9-12(16)14-11-4-2-1-3-5-11;/h1-5,10H,6-9,13H2,(H,14,16);1H/t10-;/m1./s1. The van der Waals surface area contributed by atoms with Gasteiger partial charge in [0.05, 0.1) is 6.54 Å². The SMILES string of the molecule is Cl.N[C@@H]1CCN(CC(=O)Nc2ccccc2)C1. The fourth-order valence-electron chi connectivity index (χ4n) is 1.93. The topological polar surface area (TPSA) is 58.4 Å². The largest absolute Gasteiger partial charge is 0.326 e. The van der Waals surface area contributed by atoms with Gasteiger partial charge in [0.25, 0.3) is 0 Å². The van der Waals surface area contributed by atoms with Crippen molar-refractivity contribution >= 4 is 24.0 Å². The third kappa shape index (κ3) is 4.34. The second kappa shape index (κ2) is 6.59. The number of hydrogen-bond acceptors (Lipinski definition) is 3. The Balaban J connectivity index is 0.00000144. The Morgan fingerprint density at radius 1 is 1.41 bits per heavy atom. The van der Waals surface area contributed by atoms with Crippen LogP contribution < -0.4 is 11.1 Å². The molecule has 1 heterocycles. The number of para-hydroxylation sites is 1. The van der Waals surface area contributed by atoms with Crippen LogP contribution in [0.5, 0.6) is 0 Å². The van der Waals surface area contributed by atoms with Crippen LogP contribution in [-0.4, -0.2) is 36.5 Å². The fraction of sp³-hybridized carbons (Fsp3) is 0.417.